The lowest BCUT2D eigenvalue weighted by Crippen LogP contribution is -2.36. The average Bonchev–Trinajstić information content (AvgIpc) is 3.25. The van der Waals surface area contributed by atoms with Crippen LogP contribution >= 0.6 is 11.3 Å². The summed E-state index contributed by atoms with van der Waals surface area (Å²) in [6.07, 6.45) is 4.57. The second kappa shape index (κ2) is 6.02. The van der Waals surface area contributed by atoms with E-state index in [0.717, 1.165) is 40.9 Å². The highest BCUT2D eigenvalue weighted by Crippen LogP contribution is 2.29. The summed E-state index contributed by atoms with van der Waals surface area (Å²) in [4.78, 5) is 16.4. The van der Waals surface area contributed by atoms with Crippen molar-refractivity contribution in [2.75, 3.05) is 13.1 Å². The Morgan fingerprint density at radius 3 is 3.00 bits per heavy atom. The van der Waals surface area contributed by atoms with Crippen LogP contribution < -0.4 is 10.6 Å². The molecular formula is C16H15N5OS. The molecule has 1 aliphatic rings. The number of fused-ring (bicyclic) bond motifs is 1. The summed E-state index contributed by atoms with van der Waals surface area (Å²) >= 11 is 1.64. The van der Waals surface area contributed by atoms with Crippen LogP contribution in [0.1, 0.15) is 16.9 Å². The van der Waals surface area contributed by atoms with Crippen LogP contribution in [0.4, 0.5) is 0 Å². The molecule has 0 radical (unpaired) electrons. The fraction of sp³-hybridized carbons (Fsp3) is 0.250. The summed E-state index contributed by atoms with van der Waals surface area (Å²) in [6, 6.07) is 5.76. The summed E-state index contributed by atoms with van der Waals surface area (Å²) in [5, 5.41) is 17.6. The minimum absolute atomic E-state index is 0.174. The van der Waals surface area contributed by atoms with Gasteiger partial charge in [-0.25, -0.2) is 0 Å². The lowest BCUT2D eigenvalue weighted by atomic mass is 10.1. The molecule has 0 saturated carbocycles. The van der Waals surface area contributed by atoms with Crippen molar-refractivity contribution in [3.05, 3.63) is 41.7 Å². The monoisotopic (exact) mass is 325 g/mol. The fourth-order valence-electron chi connectivity index (χ4n) is 2.73. The van der Waals surface area contributed by atoms with Crippen molar-refractivity contribution in [1.29, 1.82) is 0 Å². The van der Waals surface area contributed by atoms with E-state index in [4.69, 9.17) is 0 Å². The summed E-state index contributed by atoms with van der Waals surface area (Å²) in [5.74, 6) is -0.176. The molecule has 23 heavy (non-hydrogen) atoms. The summed E-state index contributed by atoms with van der Waals surface area (Å²) in [6.45, 7) is 1.75. The van der Waals surface area contributed by atoms with Crippen LogP contribution in [0.3, 0.4) is 0 Å². The number of nitrogens with one attached hydrogen (secondary N) is 2. The number of carbonyl (C=O) groups excluding carboxylic acids is 1. The second-order valence-electron chi connectivity index (χ2n) is 5.49. The molecule has 3 aromatic rings. The maximum atomic E-state index is 12.2. The lowest BCUT2D eigenvalue weighted by molar-refractivity contribution is 0.0934. The summed E-state index contributed by atoms with van der Waals surface area (Å²) in [5.41, 5.74) is 2.00. The number of aromatic nitrogens is 3. The lowest BCUT2D eigenvalue weighted by Gasteiger charge is -2.10. The van der Waals surface area contributed by atoms with E-state index >= 15 is 0 Å². The first-order valence-electron chi connectivity index (χ1n) is 7.48. The number of carbonyl (C=O) groups is 1. The quantitative estimate of drug-likeness (QED) is 0.768. The molecule has 4 rings (SSSR count). The van der Waals surface area contributed by atoms with E-state index in [-0.39, 0.29) is 11.9 Å². The van der Waals surface area contributed by atoms with Crippen LogP contribution in [-0.4, -0.2) is 40.2 Å². The van der Waals surface area contributed by atoms with Crippen molar-refractivity contribution < 1.29 is 4.79 Å². The van der Waals surface area contributed by atoms with Crippen molar-refractivity contribution in [3.63, 3.8) is 0 Å². The van der Waals surface area contributed by atoms with E-state index in [0.29, 0.717) is 5.69 Å². The van der Waals surface area contributed by atoms with Crippen molar-refractivity contribution in [2.45, 2.75) is 12.5 Å². The molecule has 1 saturated heterocycles. The van der Waals surface area contributed by atoms with Gasteiger partial charge in [0.25, 0.3) is 5.91 Å². The van der Waals surface area contributed by atoms with Gasteiger partial charge in [0.15, 0.2) is 5.69 Å². The molecule has 0 bridgehead atoms. The van der Waals surface area contributed by atoms with E-state index in [1.165, 1.54) is 0 Å². The van der Waals surface area contributed by atoms with Gasteiger partial charge in [-0.15, -0.1) is 21.5 Å². The first-order valence-corrected chi connectivity index (χ1v) is 8.36. The van der Waals surface area contributed by atoms with Crippen LogP contribution in [0.5, 0.6) is 0 Å². The standard InChI is InChI=1S/C16H15N5OS/c22-16(19-10-3-5-17-7-10)14-2-1-13(20-21-14)12-8-18-9-15-11(12)4-6-23-15/h1-2,4,6,8-10,17H,3,5,7H2,(H,19,22). The van der Waals surface area contributed by atoms with Gasteiger partial charge in [-0.05, 0) is 36.5 Å². The number of thiophene rings is 1. The second-order valence-corrected chi connectivity index (χ2v) is 6.43. The van der Waals surface area contributed by atoms with Crippen LogP contribution in [0.2, 0.25) is 0 Å². The molecule has 0 spiro atoms. The largest absolute Gasteiger partial charge is 0.347 e. The molecule has 0 aliphatic carbocycles. The van der Waals surface area contributed by atoms with Crippen molar-refractivity contribution in [3.8, 4) is 11.3 Å². The minimum Gasteiger partial charge on any atom is -0.347 e. The predicted molar refractivity (Wildman–Crippen MR) is 89.4 cm³/mol. The van der Waals surface area contributed by atoms with Crippen LogP contribution in [0.25, 0.3) is 21.3 Å². The smallest absolute Gasteiger partial charge is 0.272 e. The van der Waals surface area contributed by atoms with Gasteiger partial charge in [0.2, 0.25) is 0 Å². The fourth-order valence-corrected chi connectivity index (χ4v) is 3.51. The first kappa shape index (κ1) is 14.2. The molecule has 2 N–H and O–H groups in total. The van der Waals surface area contributed by atoms with E-state index < -0.39 is 0 Å². The predicted octanol–water partition coefficient (Wildman–Crippen LogP) is 1.84. The van der Waals surface area contributed by atoms with Crippen molar-refractivity contribution in [1.82, 2.24) is 25.8 Å². The normalized spacial score (nSPS) is 17.5. The van der Waals surface area contributed by atoms with Gasteiger partial charge in [0, 0.05) is 35.9 Å². The van der Waals surface area contributed by atoms with E-state index in [1.807, 2.05) is 23.7 Å². The van der Waals surface area contributed by atoms with Crippen molar-refractivity contribution in [2.24, 2.45) is 0 Å². The van der Waals surface area contributed by atoms with Gasteiger partial charge < -0.3 is 10.6 Å². The number of pyridine rings is 1. The summed E-state index contributed by atoms with van der Waals surface area (Å²) < 4.78 is 1.11. The van der Waals surface area contributed by atoms with Crippen LogP contribution in [0, 0.1) is 0 Å². The van der Waals surface area contributed by atoms with Gasteiger partial charge in [-0.3, -0.25) is 9.78 Å². The Hall–Kier alpha value is -2.38. The van der Waals surface area contributed by atoms with Gasteiger partial charge in [-0.1, -0.05) is 0 Å². The molecule has 1 aliphatic heterocycles. The van der Waals surface area contributed by atoms with E-state index in [9.17, 15) is 4.79 Å². The molecule has 116 valence electrons. The maximum Gasteiger partial charge on any atom is 0.272 e. The molecule has 0 aromatic carbocycles. The van der Waals surface area contributed by atoms with Crippen molar-refractivity contribution >= 4 is 27.3 Å². The number of rotatable bonds is 3. The Kier molecular flexibility index (Phi) is 3.72. The zero-order valence-electron chi connectivity index (χ0n) is 12.3. The molecule has 1 amide bonds. The Bertz CT molecular complexity index is 839. The van der Waals surface area contributed by atoms with E-state index in [2.05, 4.69) is 25.8 Å². The Morgan fingerprint density at radius 1 is 1.26 bits per heavy atom. The van der Waals surface area contributed by atoms with Crippen LogP contribution in [-0.2, 0) is 0 Å². The number of amides is 1. The number of hydrogen-bond acceptors (Lipinski definition) is 6. The van der Waals surface area contributed by atoms with E-state index in [1.54, 1.807) is 23.6 Å². The minimum atomic E-state index is -0.176. The van der Waals surface area contributed by atoms with Crippen LogP contribution in [0.15, 0.2) is 36.0 Å². The number of nitrogens with zero attached hydrogens (tertiary/aromatic N) is 3. The Labute approximate surface area is 137 Å². The molecule has 1 unspecified atom stereocenters. The average molecular weight is 325 g/mol. The van der Waals surface area contributed by atoms with Gasteiger partial charge in [0.1, 0.15) is 0 Å². The highest BCUT2D eigenvalue weighted by Gasteiger charge is 2.18. The molecule has 1 atom stereocenters. The molecule has 1 fully saturated rings. The Balaban J connectivity index is 1.58. The Morgan fingerprint density at radius 2 is 2.22 bits per heavy atom. The topological polar surface area (TPSA) is 79.8 Å². The zero-order valence-corrected chi connectivity index (χ0v) is 13.1. The first-order chi connectivity index (χ1) is 11.3. The molecule has 4 heterocycles. The maximum absolute atomic E-state index is 12.2. The highest BCUT2D eigenvalue weighted by atomic mass is 32.1. The molecule has 6 nitrogen and oxygen atoms in total. The SMILES string of the molecule is O=C(NC1CCNC1)c1ccc(-c2cncc3sccc23)nn1. The molecule has 7 heteroatoms. The number of hydrogen-bond donors (Lipinski definition) is 2. The third-order valence-electron chi connectivity index (χ3n) is 3.95. The van der Waals surface area contributed by atoms with Gasteiger partial charge in [-0.2, -0.15) is 0 Å². The third kappa shape index (κ3) is 2.80. The molecule has 3 aromatic heterocycles. The van der Waals surface area contributed by atoms with Gasteiger partial charge >= 0.3 is 0 Å². The highest BCUT2D eigenvalue weighted by molar-refractivity contribution is 7.17. The summed E-state index contributed by atoms with van der Waals surface area (Å²) in [7, 11) is 0. The molecular weight excluding hydrogens is 310 g/mol. The van der Waals surface area contributed by atoms with Gasteiger partial charge in [0.05, 0.1) is 10.4 Å². The zero-order chi connectivity index (χ0) is 15.6. The third-order valence-corrected chi connectivity index (χ3v) is 4.80.